The Hall–Kier alpha value is -1.94. The van der Waals surface area contributed by atoms with Crippen LogP contribution in [-0.2, 0) is 6.54 Å². The molecule has 0 saturated heterocycles. The van der Waals surface area contributed by atoms with E-state index in [1.54, 1.807) is 18.2 Å². The highest BCUT2D eigenvalue weighted by Crippen LogP contribution is 2.17. The van der Waals surface area contributed by atoms with Crippen molar-refractivity contribution in [3.05, 3.63) is 64.2 Å². The van der Waals surface area contributed by atoms with Crippen molar-refractivity contribution in [3.63, 3.8) is 0 Å². The number of rotatable bonds is 4. The lowest BCUT2D eigenvalue weighted by atomic mass is 10.1. The molecule has 5 heteroatoms. The van der Waals surface area contributed by atoms with E-state index in [4.69, 9.17) is 11.6 Å². The molecule has 110 valence electrons. The summed E-state index contributed by atoms with van der Waals surface area (Å²) in [5.41, 5.74) is 2.07. The van der Waals surface area contributed by atoms with Gasteiger partial charge in [0.05, 0.1) is 0 Å². The Morgan fingerprint density at radius 3 is 2.57 bits per heavy atom. The Balaban J connectivity index is 2.08. The van der Waals surface area contributed by atoms with Gasteiger partial charge in [0.2, 0.25) is 0 Å². The van der Waals surface area contributed by atoms with Gasteiger partial charge in [0.1, 0.15) is 11.0 Å². The molecule has 0 fully saturated rings. The Morgan fingerprint density at radius 1 is 1.29 bits per heavy atom. The fourth-order valence-electron chi connectivity index (χ4n) is 1.83. The number of aromatic nitrogens is 1. The van der Waals surface area contributed by atoms with Gasteiger partial charge in [-0.15, -0.1) is 0 Å². The van der Waals surface area contributed by atoms with Crippen LogP contribution in [0.3, 0.4) is 0 Å². The molecular formula is C16H16ClFN2O. The first-order valence-electron chi connectivity index (χ1n) is 6.66. The fourth-order valence-corrected chi connectivity index (χ4v) is 2.05. The van der Waals surface area contributed by atoms with Crippen LogP contribution in [0.2, 0.25) is 5.15 Å². The van der Waals surface area contributed by atoms with Crippen molar-refractivity contribution in [3.8, 4) is 0 Å². The first-order chi connectivity index (χ1) is 9.95. The van der Waals surface area contributed by atoms with Gasteiger partial charge in [-0.3, -0.25) is 4.79 Å². The quantitative estimate of drug-likeness (QED) is 0.870. The Morgan fingerprint density at radius 2 is 1.95 bits per heavy atom. The number of nitrogens with zero attached hydrogens (tertiary/aromatic N) is 1. The number of pyridine rings is 1. The fraction of sp³-hybridized carbons (Fsp3) is 0.250. The van der Waals surface area contributed by atoms with Gasteiger partial charge in [0.25, 0.3) is 5.91 Å². The monoisotopic (exact) mass is 306 g/mol. The standard InChI is InChI=1S/C16H16ClFN2O/c1-10(2)14-7-12(8-15(17)20-14)16(21)19-9-11-3-5-13(18)6-4-11/h3-8,10H,9H2,1-2H3,(H,19,21). The van der Waals surface area contributed by atoms with Gasteiger partial charge < -0.3 is 5.32 Å². The highest BCUT2D eigenvalue weighted by Gasteiger charge is 2.11. The topological polar surface area (TPSA) is 42.0 Å². The van der Waals surface area contributed by atoms with Crippen molar-refractivity contribution < 1.29 is 9.18 Å². The Kier molecular flexibility index (Phi) is 4.91. The molecule has 1 heterocycles. The summed E-state index contributed by atoms with van der Waals surface area (Å²) >= 11 is 5.94. The molecule has 0 bridgehead atoms. The molecule has 0 spiro atoms. The first-order valence-corrected chi connectivity index (χ1v) is 7.03. The maximum absolute atomic E-state index is 12.8. The second kappa shape index (κ2) is 6.68. The zero-order chi connectivity index (χ0) is 15.4. The van der Waals surface area contributed by atoms with Crippen LogP contribution >= 0.6 is 11.6 Å². The molecule has 2 aromatic rings. The third kappa shape index (κ3) is 4.26. The van der Waals surface area contributed by atoms with Gasteiger partial charge in [0.15, 0.2) is 0 Å². The largest absolute Gasteiger partial charge is 0.348 e. The molecule has 3 nitrogen and oxygen atoms in total. The van der Waals surface area contributed by atoms with Crippen LogP contribution in [0.4, 0.5) is 4.39 Å². The second-order valence-corrected chi connectivity index (χ2v) is 5.45. The molecule has 0 aliphatic heterocycles. The molecule has 0 aliphatic rings. The van der Waals surface area contributed by atoms with Gasteiger partial charge in [0, 0.05) is 17.8 Å². The summed E-state index contributed by atoms with van der Waals surface area (Å²) in [6, 6.07) is 9.26. The van der Waals surface area contributed by atoms with Crippen molar-refractivity contribution in [1.82, 2.24) is 10.3 Å². The van der Waals surface area contributed by atoms with Gasteiger partial charge >= 0.3 is 0 Å². The van der Waals surface area contributed by atoms with Crippen LogP contribution in [-0.4, -0.2) is 10.9 Å². The maximum Gasteiger partial charge on any atom is 0.251 e. The number of halogens is 2. The molecule has 1 aromatic carbocycles. The molecule has 0 atom stereocenters. The number of benzene rings is 1. The average Bonchev–Trinajstić information content (AvgIpc) is 2.45. The molecule has 0 radical (unpaired) electrons. The van der Waals surface area contributed by atoms with Gasteiger partial charge in [-0.1, -0.05) is 37.6 Å². The highest BCUT2D eigenvalue weighted by atomic mass is 35.5. The average molecular weight is 307 g/mol. The normalized spacial score (nSPS) is 10.7. The minimum Gasteiger partial charge on any atom is -0.348 e. The SMILES string of the molecule is CC(C)c1cc(C(=O)NCc2ccc(F)cc2)cc(Cl)n1. The van der Waals surface area contributed by atoms with Crippen LogP contribution in [0.15, 0.2) is 36.4 Å². The third-order valence-corrected chi connectivity index (χ3v) is 3.23. The highest BCUT2D eigenvalue weighted by molar-refractivity contribution is 6.29. The lowest BCUT2D eigenvalue weighted by molar-refractivity contribution is 0.0950. The van der Waals surface area contributed by atoms with E-state index in [9.17, 15) is 9.18 Å². The zero-order valence-electron chi connectivity index (χ0n) is 11.9. The van der Waals surface area contributed by atoms with Crippen molar-refractivity contribution >= 4 is 17.5 Å². The molecule has 0 unspecified atom stereocenters. The molecule has 1 N–H and O–H groups in total. The summed E-state index contributed by atoms with van der Waals surface area (Å²) in [4.78, 5) is 16.3. The van der Waals surface area contributed by atoms with Crippen LogP contribution in [0.25, 0.3) is 0 Å². The predicted octanol–water partition coefficient (Wildman–Crippen LogP) is 3.93. The summed E-state index contributed by atoms with van der Waals surface area (Å²) in [6.45, 7) is 4.30. The van der Waals surface area contributed by atoms with E-state index in [0.29, 0.717) is 17.3 Å². The van der Waals surface area contributed by atoms with E-state index >= 15 is 0 Å². The zero-order valence-corrected chi connectivity index (χ0v) is 12.6. The van der Waals surface area contributed by atoms with E-state index in [2.05, 4.69) is 10.3 Å². The van der Waals surface area contributed by atoms with E-state index in [1.165, 1.54) is 18.2 Å². The molecule has 2 rings (SSSR count). The summed E-state index contributed by atoms with van der Waals surface area (Å²) in [7, 11) is 0. The number of amides is 1. The molecule has 21 heavy (non-hydrogen) atoms. The summed E-state index contributed by atoms with van der Waals surface area (Å²) in [6.07, 6.45) is 0. The molecule has 0 saturated carbocycles. The van der Waals surface area contributed by atoms with Crippen LogP contribution in [0.5, 0.6) is 0 Å². The van der Waals surface area contributed by atoms with Crippen LogP contribution in [0.1, 0.15) is 41.4 Å². The van der Waals surface area contributed by atoms with Crippen molar-refractivity contribution in [2.75, 3.05) is 0 Å². The molecule has 0 aliphatic carbocycles. The Labute approximate surface area is 128 Å². The second-order valence-electron chi connectivity index (χ2n) is 5.07. The van der Waals surface area contributed by atoms with E-state index in [0.717, 1.165) is 11.3 Å². The smallest absolute Gasteiger partial charge is 0.251 e. The predicted molar refractivity (Wildman–Crippen MR) is 80.9 cm³/mol. The minimum atomic E-state index is -0.299. The summed E-state index contributed by atoms with van der Waals surface area (Å²) in [5, 5.41) is 3.08. The third-order valence-electron chi connectivity index (χ3n) is 3.03. The van der Waals surface area contributed by atoms with Crippen molar-refractivity contribution in [1.29, 1.82) is 0 Å². The molecular weight excluding hydrogens is 291 g/mol. The first kappa shape index (κ1) is 15.4. The van der Waals surface area contributed by atoms with Crippen LogP contribution in [0, 0.1) is 5.82 Å². The van der Waals surface area contributed by atoms with Gasteiger partial charge in [-0.05, 0) is 35.7 Å². The number of carbonyl (C=O) groups excluding carboxylic acids is 1. The van der Waals surface area contributed by atoms with Crippen molar-refractivity contribution in [2.45, 2.75) is 26.3 Å². The minimum absolute atomic E-state index is 0.187. The van der Waals surface area contributed by atoms with E-state index in [-0.39, 0.29) is 17.6 Å². The van der Waals surface area contributed by atoms with Crippen molar-refractivity contribution in [2.24, 2.45) is 0 Å². The summed E-state index contributed by atoms with van der Waals surface area (Å²) < 4.78 is 12.8. The van der Waals surface area contributed by atoms with E-state index in [1.807, 2.05) is 13.8 Å². The lowest BCUT2D eigenvalue weighted by Gasteiger charge is -2.09. The summed E-state index contributed by atoms with van der Waals surface area (Å²) in [5.74, 6) is -0.342. The van der Waals surface area contributed by atoms with E-state index < -0.39 is 0 Å². The number of hydrogen-bond acceptors (Lipinski definition) is 2. The Bertz CT molecular complexity index is 641. The molecule has 1 amide bonds. The van der Waals surface area contributed by atoms with Gasteiger partial charge in [-0.2, -0.15) is 0 Å². The number of nitrogens with one attached hydrogen (secondary N) is 1. The number of hydrogen-bond donors (Lipinski definition) is 1. The lowest BCUT2D eigenvalue weighted by Crippen LogP contribution is -2.23. The molecule has 1 aromatic heterocycles. The van der Waals surface area contributed by atoms with Crippen LogP contribution < -0.4 is 5.32 Å². The van der Waals surface area contributed by atoms with Gasteiger partial charge in [-0.25, -0.2) is 9.37 Å². The number of carbonyl (C=O) groups is 1. The maximum atomic E-state index is 12.8.